The van der Waals surface area contributed by atoms with Crippen LogP contribution >= 0.6 is 0 Å². The summed E-state index contributed by atoms with van der Waals surface area (Å²) in [5.74, 6) is -2.94. The van der Waals surface area contributed by atoms with Gasteiger partial charge in [-0.05, 0) is 91.6 Å². The maximum Gasteiger partial charge on any atom is 0.261 e. The van der Waals surface area contributed by atoms with Gasteiger partial charge in [0.2, 0.25) is 0 Å². The molecule has 0 unspecified atom stereocenters. The summed E-state index contributed by atoms with van der Waals surface area (Å²) in [6, 6.07) is 19.4. The van der Waals surface area contributed by atoms with Gasteiger partial charge >= 0.3 is 0 Å². The number of aryl methyl sites for hydroxylation is 3. The summed E-state index contributed by atoms with van der Waals surface area (Å²) in [6.07, 6.45) is 1.25. The van der Waals surface area contributed by atoms with Crippen molar-refractivity contribution in [1.82, 2.24) is 0 Å². The number of carbonyl (C=O) groups is 3. The second-order valence-corrected chi connectivity index (χ2v) is 9.80. The molecule has 2 amide bonds. The Balaban J connectivity index is 1.61. The zero-order chi connectivity index (χ0) is 31.1. The number of amides is 2. The van der Waals surface area contributed by atoms with Crippen molar-refractivity contribution in [3.05, 3.63) is 124 Å². The van der Waals surface area contributed by atoms with Crippen LogP contribution in [0.4, 0.5) is 20.2 Å². The number of benzene rings is 4. The smallest absolute Gasteiger partial charge is 0.261 e. The normalized spacial score (nSPS) is 10.5. The minimum atomic E-state index is -0.924. The molecule has 0 saturated heterocycles. The number of methoxy groups -OCH3 is 1. The van der Waals surface area contributed by atoms with E-state index in [-0.39, 0.29) is 35.3 Å². The van der Waals surface area contributed by atoms with Crippen molar-refractivity contribution < 1.29 is 32.6 Å². The summed E-state index contributed by atoms with van der Waals surface area (Å²) < 4.78 is 39.7. The van der Waals surface area contributed by atoms with Gasteiger partial charge in [0.1, 0.15) is 17.2 Å². The van der Waals surface area contributed by atoms with Gasteiger partial charge in [0.15, 0.2) is 23.9 Å². The summed E-state index contributed by atoms with van der Waals surface area (Å²) in [5, 5.41) is 4.76. The van der Waals surface area contributed by atoms with Gasteiger partial charge in [-0.25, -0.2) is 8.78 Å². The van der Waals surface area contributed by atoms with Crippen molar-refractivity contribution in [3.63, 3.8) is 0 Å². The predicted molar refractivity (Wildman–Crippen MR) is 162 cm³/mol. The van der Waals surface area contributed by atoms with E-state index in [9.17, 15) is 23.2 Å². The lowest BCUT2D eigenvalue weighted by molar-refractivity contribution is -0.118. The zero-order valence-corrected chi connectivity index (χ0v) is 24.1. The van der Waals surface area contributed by atoms with E-state index in [1.165, 1.54) is 61.7 Å². The van der Waals surface area contributed by atoms with Gasteiger partial charge in [-0.15, -0.1) is 0 Å². The Morgan fingerprint density at radius 1 is 0.721 bits per heavy atom. The molecular weight excluding hydrogens is 554 g/mol. The fourth-order valence-electron chi connectivity index (χ4n) is 4.28. The summed E-state index contributed by atoms with van der Waals surface area (Å²) in [6.45, 7) is 5.54. The highest BCUT2D eigenvalue weighted by Crippen LogP contribution is 2.30. The van der Waals surface area contributed by atoms with Gasteiger partial charge in [0.25, 0.3) is 11.8 Å². The van der Waals surface area contributed by atoms with E-state index in [0.29, 0.717) is 11.1 Å². The fourth-order valence-corrected chi connectivity index (χ4v) is 4.28. The van der Waals surface area contributed by atoms with E-state index in [4.69, 9.17) is 9.47 Å². The first-order valence-corrected chi connectivity index (χ1v) is 13.3. The Kier molecular flexibility index (Phi) is 9.67. The molecule has 4 aromatic rings. The van der Waals surface area contributed by atoms with Gasteiger partial charge in [0.05, 0.1) is 18.5 Å². The molecule has 4 rings (SSSR count). The van der Waals surface area contributed by atoms with Crippen LogP contribution in [0.1, 0.15) is 32.6 Å². The summed E-state index contributed by atoms with van der Waals surface area (Å²) in [4.78, 5) is 39.3. The van der Waals surface area contributed by atoms with Crippen LogP contribution < -0.4 is 20.1 Å². The van der Waals surface area contributed by atoms with Crippen molar-refractivity contribution in [3.8, 4) is 11.5 Å². The predicted octanol–water partition coefficient (Wildman–Crippen LogP) is 6.82. The average Bonchev–Trinajstić information content (AvgIpc) is 2.98. The molecule has 9 heteroatoms. The molecule has 0 heterocycles. The minimum Gasteiger partial charge on any atom is -0.493 e. The average molecular weight is 585 g/mol. The third-order valence-corrected chi connectivity index (χ3v) is 6.73. The third kappa shape index (κ3) is 7.51. The molecule has 0 radical (unpaired) electrons. The molecule has 0 saturated carbocycles. The third-order valence-electron chi connectivity index (χ3n) is 6.73. The van der Waals surface area contributed by atoms with Crippen molar-refractivity contribution in [2.75, 3.05) is 24.4 Å². The van der Waals surface area contributed by atoms with Crippen molar-refractivity contribution in [1.29, 1.82) is 0 Å². The molecule has 0 aliphatic heterocycles. The number of para-hydroxylation sites is 2. The summed E-state index contributed by atoms with van der Waals surface area (Å²) in [5.41, 5.74) is 3.14. The van der Waals surface area contributed by atoms with Crippen molar-refractivity contribution >= 4 is 35.0 Å². The summed E-state index contributed by atoms with van der Waals surface area (Å²) in [7, 11) is 1.40. The van der Waals surface area contributed by atoms with Crippen LogP contribution in [0.2, 0.25) is 0 Å². The molecule has 43 heavy (non-hydrogen) atoms. The van der Waals surface area contributed by atoms with Gasteiger partial charge in [-0.1, -0.05) is 36.4 Å². The molecule has 0 spiro atoms. The molecule has 4 aromatic carbocycles. The van der Waals surface area contributed by atoms with Gasteiger partial charge in [-0.2, -0.15) is 0 Å². The largest absolute Gasteiger partial charge is 0.493 e. The maximum absolute atomic E-state index is 14.2. The number of halogens is 2. The molecule has 0 aromatic heterocycles. The number of hydrogen-bond acceptors (Lipinski definition) is 5. The number of rotatable bonds is 10. The van der Waals surface area contributed by atoms with Crippen LogP contribution in [-0.4, -0.2) is 31.3 Å². The van der Waals surface area contributed by atoms with Crippen LogP contribution in [0.5, 0.6) is 11.5 Å². The van der Waals surface area contributed by atoms with E-state index in [0.717, 1.165) is 28.8 Å². The van der Waals surface area contributed by atoms with Crippen LogP contribution in [0.3, 0.4) is 0 Å². The van der Waals surface area contributed by atoms with Crippen LogP contribution in [-0.2, 0) is 9.59 Å². The molecule has 0 fully saturated rings. The number of ketones is 1. The zero-order valence-electron chi connectivity index (χ0n) is 24.1. The lowest BCUT2D eigenvalue weighted by atomic mass is 9.98. The SMILES string of the molecule is COc1cc(C=C(C(=O)Nc2ccccc2F)C(=O)Nc2ccccc2F)ccc1OCC(=O)c1cc(C)c(C)cc1C. The number of anilines is 2. The lowest BCUT2D eigenvalue weighted by Gasteiger charge is -2.14. The number of hydrogen-bond donors (Lipinski definition) is 2. The first-order valence-electron chi connectivity index (χ1n) is 13.3. The van der Waals surface area contributed by atoms with Gasteiger partial charge in [-0.3, -0.25) is 14.4 Å². The maximum atomic E-state index is 14.2. The molecule has 0 aliphatic rings. The van der Waals surface area contributed by atoms with Crippen LogP contribution in [0, 0.1) is 32.4 Å². The van der Waals surface area contributed by atoms with Crippen molar-refractivity contribution in [2.24, 2.45) is 0 Å². The second-order valence-electron chi connectivity index (χ2n) is 9.80. The first kappa shape index (κ1) is 30.6. The molecule has 0 atom stereocenters. The Labute approximate surface area is 248 Å². The topological polar surface area (TPSA) is 93.7 Å². The highest BCUT2D eigenvalue weighted by Gasteiger charge is 2.22. The highest BCUT2D eigenvalue weighted by molar-refractivity contribution is 6.28. The van der Waals surface area contributed by atoms with E-state index in [2.05, 4.69) is 10.6 Å². The fraction of sp³-hybridized carbons (Fsp3) is 0.147. The molecule has 0 aliphatic carbocycles. The molecule has 0 bridgehead atoms. The minimum absolute atomic E-state index is 0.137. The molecule has 7 nitrogen and oxygen atoms in total. The van der Waals surface area contributed by atoms with Crippen molar-refractivity contribution in [2.45, 2.75) is 20.8 Å². The Morgan fingerprint density at radius 2 is 1.28 bits per heavy atom. The number of carbonyl (C=O) groups excluding carboxylic acids is 3. The Morgan fingerprint density at radius 3 is 1.84 bits per heavy atom. The Bertz CT molecular complexity index is 1670. The van der Waals surface area contributed by atoms with E-state index >= 15 is 0 Å². The monoisotopic (exact) mass is 584 g/mol. The van der Waals surface area contributed by atoms with Gasteiger partial charge < -0.3 is 20.1 Å². The first-order chi connectivity index (χ1) is 20.6. The lowest BCUT2D eigenvalue weighted by Crippen LogP contribution is -2.26. The molecule has 2 N–H and O–H groups in total. The van der Waals surface area contributed by atoms with Crippen LogP contribution in [0.15, 0.2) is 84.4 Å². The number of Topliss-reactive ketones (excluding diaryl/α,β-unsaturated/α-hetero) is 1. The molecular formula is C34H30F2N2O5. The number of ether oxygens (including phenoxy) is 2. The quantitative estimate of drug-likeness (QED) is 0.0924. The Hall–Kier alpha value is -5.31. The van der Waals surface area contributed by atoms with E-state index in [1.807, 2.05) is 32.9 Å². The van der Waals surface area contributed by atoms with Gasteiger partial charge in [0, 0.05) is 5.56 Å². The van der Waals surface area contributed by atoms with Crippen LogP contribution in [0.25, 0.3) is 6.08 Å². The number of nitrogens with one attached hydrogen (secondary N) is 2. The molecule has 220 valence electrons. The van der Waals surface area contributed by atoms with E-state index in [1.54, 1.807) is 6.07 Å². The van der Waals surface area contributed by atoms with E-state index < -0.39 is 29.0 Å². The second kappa shape index (κ2) is 13.6. The highest BCUT2D eigenvalue weighted by atomic mass is 19.1. The standard InChI is InChI=1S/C34H30F2N2O5/c1-20-15-22(3)24(16-21(20)2)30(39)19-43-31-14-13-23(18-32(31)42-4)17-25(33(40)37-28-11-7-5-9-26(28)35)34(41)38-29-12-8-6-10-27(29)36/h5-18H,19H2,1-4H3,(H,37,40)(H,38,41). The summed E-state index contributed by atoms with van der Waals surface area (Å²) >= 11 is 0.